The molecule has 0 saturated carbocycles. The number of benzene rings is 2. The Bertz CT molecular complexity index is 1090. The van der Waals surface area contributed by atoms with Crippen molar-refractivity contribution in [3.05, 3.63) is 82.0 Å². The number of methoxy groups -OCH3 is 1. The zero-order valence-electron chi connectivity index (χ0n) is 15.4. The Morgan fingerprint density at radius 3 is 2.59 bits per heavy atom. The van der Waals surface area contributed by atoms with Crippen molar-refractivity contribution >= 4 is 11.9 Å². The van der Waals surface area contributed by atoms with E-state index in [0.717, 1.165) is 12.1 Å². The molecule has 0 bridgehead atoms. The van der Waals surface area contributed by atoms with Crippen molar-refractivity contribution < 1.29 is 23.8 Å². The van der Waals surface area contributed by atoms with Crippen molar-refractivity contribution in [3.8, 4) is 11.4 Å². The van der Waals surface area contributed by atoms with Crippen LogP contribution >= 0.6 is 0 Å². The van der Waals surface area contributed by atoms with Crippen LogP contribution in [0.5, 0.6) is 5.75 Å². The second-order valence-electron chi connectivity index (χ2n) is 6.19. The van der Waals surface area contributed by atoms with Crippen molar-refractivity contribution in [1.82, 2.24) is 15.1 Å². The number of rotatable bonds is 7. The van der Waals surface area contributed by atoms with Gasteiger partial charge >= 0.3 is 5.97 Å². The summed E-state index contributed by atoms with van der Waals surface area (Å²) in [4.78, 5) is 36.1. The number of carbonyl (C=O) groups excluding carboxylic acids is 1. The van der Waals surface area contributed by atoms with Crippen molar-refractivity contribution in [2.75, 3.05) is 7.11 Å². The number of para-hydroxylation sites is 1. The van der Waals surface area contributed by atoms with E-state index in [1.54, 1.807) is 30.3 Å². The van der Waals surface area contributed by atoms with Crippen LogP contribution in [0.15, 0.2) is 59.4 Å². The van der Waals surface area contributed by atoms with Crippen molar-refractivity contribution in [3.63, 3.8) is 0 Å². The van der Waals surface area contributed by atoms with E-state index in [0.29, 0.717) is 11.4 Å². The predicted molar refractivity (Wildman–Crippen MR) is 102 cm³/mol. The minimum absolute atomic E-state index is 0.0371. The van der Waals surface area contributed by atoms with Crippen LogP contribution in [-0.4, -0.2) is 33.9 Å². The normalized spacial score (nSPS) is 11.7. The SMILES string of the molecule is COc1ccc(F)c(C(CC(=O)O)NC(=O)c2cc(=O)n(-c3ccccc3)[nH]2)c1. The van der Waals surface area contributed by atoms with Gasteiger partial charge in [0.15, 0.2) is 0 Å². The molecule has 150 valence electrons. The minimum Gasteiger partial charge on any atom is -0.497 e. The number of halogens is 1. The first-order chi connectivity index (χ1) is 13.9. The maximum atomic E-state index is 14.3. The molecule has 1 atom stereocenters. The number of hydrogen-bond acceptors (Lipinski definition) is 4. The number of carbonyl (C=O) groups is 2. The topological polar surface area (TPSA) is 113 Å². The number of aliphatic carboxylic acids is 1. The molecule has 1 amide bonds. The molecule has 3 N–H and O–H groups in total. The lowest BCUT2D eigenvalue weighted by Crippen LogP contribution is -2.31. The molecule has 1 heterocycles. The molecule has 3 aromatic rings. The molecule has 0 aliphatic carbocycles. The minimum atomic E-state index is -1.23. The highest BCUT2D eigenvalue weighted by molar-refractivity contribution is 5.92. The highest BCUT2D eigenvalue weighted by Crippen LogP contribution is 2.25. The number of carboxylic acid groups (broad SMARTS) is 1. The van der Waals surface area contributed by atoms with Crippen LogP contribution < -0.4 is 15.6 Å². The number of amides is 1. The summed E-state index contributed by atoms with van der Waals surface area (Å²) in [7, 11) is 1.39. The van der Waals surface area contributed by atoms with Gasteiger partial charge in [0.1, 0.15) is 17.3 Å². The van der Waals surface area contributed by atoms with E-state index in [-0.39, 0.29) is 11.3 Å². The molecule has 8 nitrogen and oxygen atoms in total. The third kappa shape index (κ3) is 4.52. The van der Waals surface area contributed by atoms with Gasteiger partial charge in [-0.3, -0.25) is 19.5 Å². The number of hydrogen-bond donors (Lipinski definition) is 3. The Morgan fingerprint density at radius 2 is 1.93 bits per heavy atom. The van der Waals surface area contributed by atoms with Crippen LogP contribution in [-0.2, 0) is 4.79 Å². The van der Waals surface area contributed by atoms with Crippen molar-refractivity contribution in [2.24, 2.45) is 0 Å². The summed E-state index contributed by atoms with van der Waals surface area (Å²) in [5, 5.41) is 14.3. The Balaban J connectivity index is 1.90. The smallest absolute Gasteiger partial charge is 0.305 e. The second-order valence-corrected chi connectivity index (χ2v) is 6.19. The van der Waals surface area contributed by atoms with Gasteiger partial charge in [-0.15, -0.1) is 0 Å². The standard InChI is InChI=1S/C20H18FN3O5/c1-29-13-7-8-15(21)14(9-13)16(11-19(26)27)22-20(28)17-10-18(25)24(23-17)12-5-3-2-4-6-12/h2-10,16,23H,11H2,1H3,(H,22,28)(H,26,27). The van der Waals surface area contributed by atoms with E-state index in [4.69, 9.17) is 4.74 Å². The number of aromatic nitrogens is 2. The van der Waals surface area contributed by atoms with Gasteiger partial charge < -0.3 is 15.2 Å². The largest absolute Gasteiger partial charge is 0.497 e. The fraction of sp³-hybridized carbons (Fsp3) is 0.150. The van der Waals surface area contributed by atoms with Gasteiger partial charge in [-0.05, 0) is 30.3 Å². The molecule has 0 fully saturated rings. The average molecular weight is 399 g/mol. The summed E-state index contributed by atoms with van der Waals surface area (Å²) in [6.07, 6.45) is -0.556. The summed E-state index contributed by atoms with van der Waals surface area (Å²) in [6, 6.07) is 12.4. The summed E-state index contributed by atoms with van der Waals surface area (Å²) < 4.78 is 20.5. The fourth-order valence-electron chi connectivity index (χ4n) is 2.85. The second kappa shape index (κ2) is 8.42. The summed E-state index contributed by atoms with van der Waals surface area (Å²) in [5.41, 5.74) is -0.0661. The fourth-order valence-corrected chi connectivity index (χ4v) is 2.85. The molecule has 0 aliphatic rings. The van der Waals surface area contributed by atoms with E-state index in [2.05, 4.69) is 10.4 Å². The lowest BCUT2D eigenvalue weighted by Gasteiger charge is -2.18. The molecule has 1 unspecified atom stereocenters. The van der Waals surface area contributed by atoms with Gasteiger partial charge in [0.25, 0.3) is 11.5 Å². The molecule has 9 heteroatoms. The van der Waals surface area contributed by atoms with Crippen LogP contribution in [0.1, 0.15) is 28.5 Å². The van der Waals surface area contributed by atoms with Gasteiger partial charge in [0, 0.05) is 11.6 Å². The zero-order valence-corrected chi connectivity index (χ0v) is 15.4. The molecular weight excluding hydrogens is 381 g/mol. The number of ether oxygens (including phenoxy) is 1. The Kier molecular flexibility index (Phi) is 5.77. The number of aromatic amines is 1. The Labute approximate surface area is 164 Å². The highest BCUT2D eigenvalue weighted by atomic mass is 19.1. The number of nitrogens with zero attached hydrogens (tertiary/aromatic N) is 1. The number of carboxylic acids is 1. The molecule has 0 aliphatic heterocycles. The van der Waals surface area contributed by atoms with E-state index in [1.807, 2.05) is 0 Å². The third-order valence-corrected chi connectivity index (χ3v) is 4.24. The van der Waals surface area contributed by atoms with Crippen LogP contribution in [0.2, 0.25) is 0 Å². The molecule has 0 spiro atoms. The van der Waals surface area contributed by atoms with Crippen molar-refractivity contribution in [2.45, 2.75) is 12.5 Å². The van der Waals surface area contributed by atoms with Gasteiger partial charge in [-0.1, -0.05) is 18.2 Å². The van der Waals surface area contributed by atoms with Gasteiger partial charge in [0.2, 0.25) is 0 Å². The lowest BCUT2D eigenvalue weighted by molar-refractivity contribution is -0.137. The average Bonchev–Trinajstić information content (AvgIpc) is 3.10. The number of H-pyrrole nitrogens is 1. The van der Waals surface area contributed by atoms with E-state index >= 15 is 0 Å². The lowest BCUT2D eigenvalue weighted by atomic mass is 10.0. The molecule has 0 radical (unpaired) electrons. The van der Waals surface area contributed by atoms with E-state index in [1.165, 1.54) is 23.9 Å². The summed E-state index contributed by atoms with van der Waals surface area (Å²) in [6.45, 7) is 0. The van der Waals surface area contributed by atoms with Crippen LogP contribution in [0.3, 0.4) is 0 Å². The first-order valence-corrected chi connectivity index (χ1v) is 8.62. The molecule has 0 saturated heterocycles. The first-order valence-electron chi connectivity index (χ1n) is 8.62. The molecule has 2 aromatic carbocycles. The quantitative estimate of drug-likeness (QED) is 0.564. The zero-order chi connectivity index (χ0) is 21.0. The van der Waals surface area contributed by atoms with Gasteiger partial charge in [-0.2, -0.15) is 0 Å². The van der Waals surface area contributed by atoms with Crippen LogP contribution in [0, 0.1) is 5.82 Å². The molecular formula is C20H18FN3O5. The Hall–Kier alpha value is -3.88. The first kappa shape index (κ1) is 19.9. The maximum absolute atomic E-state index is 14.3. The van der Waals surface area contributed by atoms with Crippen molar-refractivity contribution in [1.29, 1.82) is 0 Å². The highest BCUT2D eigenvalue weighted by Gasteiger charge is 2.24. The van der Waals surface area contributed by atoms with E-state index < -0.39 is 35.7 Å². The monoisotopic (exact) mass is 399 g/mol. The van der Waals surface area contributed by atoms with Gasteiger partial charge in [0.05, 0.1) is 25.3 Å². The third-order valence-electron chi connectivity index (χ3n) is 4.24. The van der Waals surface area contributed by atoms with Crippen LogP contribution in [0.4, 0.5) is 4.39 Å². The molecule has 29 heavy (non-hydrogen) atoms. The molecule has 1 aromatic heterocycles. The van der Waals surface area contributed by atoms with E-state index in [9.17, 15) is 23.9 Å². The summed E-state index contributed by atoms with van der Waals surface area (Å²) >= 11 is 0. The van der Waals surface area contributed by atoms with Crippen LogP contribution in [0.25, 0.3) is 5.69 Å². The maximum Gasteiger partial charge on any atom is 0.305 e. The number of nitrogens with one attached hydrogen (secondary N) is 2. The predicted octanol–water partition coefficient (Wildman–Crippen LogP) is 2.26. The van der Waals surface area contributed by atoms with Gasteiger partial charge in [-0.25, -0.2) is 9.07 Å². The summed E-state index contributed by atoms with van der Waals surface area (Å²) in [5.74, 6) is -2.35. The molecule has 3 rings (SSSR count). The Morgan fingerprint density at radius 1 is 1.21 bits per heavy atom.